The van der Waals surface area contributed by atoms with Crippen molar-refractivity contribution in [2.45, 2.75) is 26.1 Å². The SMILES string of the molecule is C[C@@H]1CN(CC(=O)Nc2oc3ccc(Cl)cc3c(=O)c2-c2ccc(Cl)cc2)C[C@@H](C)O1. The second-order valence-electron chi connectivity index (χ2n) is 7.78. The van der Waals surface area contributed by atoms with E-state index in [1.54, 1.807) is 42.5 Å². The van der Waals surface area contributed by atoms with Crippen molar-refractivity contribution in [1.29, 1.82) is 0 Å². The molecule has 1 aliphatic rings. The van der Waals surface area contributed by atoms with E-state index in [0.717, 1.165) is 0 Å². The number of nitrogens with one attached hydrogen (secondary N) is 1. The fraction of sp³-hybridized carbons (Fsp3) is 0.304. The van der Waals surface area contributed by atoms with Gasteiger partial charge in [0.25, 0.3) is 0 Å². The molecule has 162 valence electrons. The first-order valence-electron chi connectivity index (χ1n) is 10.00. The number of hydrogen-bond donors (Lipinski definition) is 1. The van der Waals surface area contributed by atoms with Crippen LogP contribution in [-0.4, -0.2) is 42.6 Å². The minimum absolute atomic E-state index is 0.0459. The average Bonchev–Trinajstić information content (AvgIpc) is 2.69. The van der Waals surface area contributed by atoms with Crippen molar-refractivity contribution in [2.24, 2.45) is 0 Å². The summed E-state index contributed by atoms with van der Waals surface area (Å²) in [5.41, 5.74) is 0.901. The van der Waals surface area contributed by atoms with E-state index < -0.39 is 0 Å². The number of fused-ring (bicyclic) bond motifs is 1. The van der Waals surface area contributed by atoms with E-state index in [9.17, 15) is 9.59 Å². The van der Waals surface area contributed by atoms with Gasteiger partial charge in [0.2, 0.25) is 17.2 Å². The van der Waals surface area contributed by atoms with E-state index >= 15 is 0 Å². The van der Waals surface area contributed by atoms with Gasteiger partial charge < -0.3 is 9.15 Å². The number of anilines is 1. The molecule has 1 fully saturated rings. The molecule has 0 bridgehead atoms. The van der Waals surface area contributed by atoms with Crippen molar-refractivity contribution >= 4 is 46.0 Å². The molecule has 3 aromatic rings. The van der Waals surface area contributed by atoms with Gasteiger partial charge in [0.1, 0.15) is 5.58 Å². The maximum Gasteiger partial charge on any atom is 0.240 e. The highest BCUT2D eigenvalue weighted by molar-refractivity contribution is 6.31. The lowest BCUT2D eigenvalue weighted by Gasteiger charge is -2.34. The number of rotatable bonds is 4. The number of hydrogen-bond acceptors (Lipinski definition) is 5. The van der Waals surface area contributed by atoms with Crippen LogP contribution in [-0.2, 0) is 9.53 Å². The third-order valence-electron chi connectivity index (χ3n) is 5.10. The number of nitrogens with zero attached hydrogens (tertiary/aromatic N) is 1. The fourth-order valence-corrected chi connectivity index (χ4v) is 4.22. The van der Waals surface area contributed by atoms with Gasteiger partial charge >= 0.3 is 0 Å². The molecule has 0 radical (unpaired) electrons. The quantitative estimate of drug-likeness (QED) is 0.604. The van der Waals surface area contributed by atoms with Crippen LogP contribution in [0.1, 0.15) is 13.8 Å². The van der Waals surface area contributed by atoms with Gasteiger partial charge in [-0.05, 0) is 49.7 Å². The van der Waals surface area contributed by atoms with E-state index in [4.69, 9.17) is 32.4 Å². The number of morpholine rings is 1. The van der Waals surface area contributed by atoms with E-state index in [2.05, 4.69) is 5.32 Å². The Hall–Kier alpha value is -2.38. The summed E-state index contributed by atoms with van der Waals surface area (Å²) >= 11 is 12.1. The van der Waals surface area contributed by atoms with Crippen LogP contribution in [0, 0.1) is 0 Å². The standard InChI is InChI=1S/C23H22Cl2N2O4/c1-13-10-27(11-14(2)30-13)12-20(28)26-23-21(15-3-5-16(24)6-4-15)22(29)18-9-17(25)7-8-19(18)31-23/h3-9,13-14H,10-12H2,1-2H3,(H,26,28)/t13-,14-/m1/s1. The summed E-state index contributed by atoms with van der Waals surface area (Å²) in [5.74, 6) is -0.172. The van der Waals surface area contributed by atoms with Crippen molar-refractivity contribution in [2.75, 3.05) is 25.0 Å². The first kappa shape index (κ1) is 21.8. The second kappa shape index (κ2) is 9.01. The molecule has 0 saturated carbocycles. The zero-order valence-corrected chi connectivity index (χ0v) is 18.7. The van der Waals surface area contributed by atoms with E-state index in [0.29, 0.717) is 39.7 Å². The van der Waals surface area contributed by atoms with Crippen LogP contribution in [0.3, 0.4) is 0 Å². The van der Waals surface area contributed by atoms with Crippen molar-refractivity contribution in [3.05, 3.63) is 62.7 Å². The van der Waals surface area contributed by atoms with Crippen LogP contribution in [0.4, 0.5) is 5.88 Å². The number of carbonyl (C=O) groups excluding carboxylic acids is 1. The molecular weight excluding hydrogens is 439 g/mol. The summed E-state index contributed by atoms with van der Waals surface area (Å²) in [6, 6.07) is 11.6. The van der Waals surface area contributed by atoms with Gasteiger partial charge in [0.15, 0.2) is 0 Å². The van der Waals surface area contributed by atoms with Crippen LogP contribution in [0.25, 0.3) is 22.1 Å². The molecule has 2 aromatic carbocycles. The maximum atomic E-state index is 13.3. The first-order chi connectivity index (χ1) is 14.8. The summed E-state index contributed by atoms with van der Waals surface area (Å²) in [6.07, 6.45) is 0.0917. The largest absolute Gasteiger partial charge is 0.439 e. The lowest BCUT2D eigenvalue weighted by Crippen LogP contribution is -2.48. The average molecular weight is 461 g/mol. The number of ether oxygens (including phenoxy) is 1. The summed E-state index contributed by atoms with van der Waals surface area (Å²) < 4.78 is 11.7. The number of amides is 1. The molecule has 0 spiro atoms. The second-order valence-corrected chi connectivity index (χ2v) is 8.66. The Balaban J connectivity index is 1.71. The minimum Gasteiger partial charge on any atom is -0.439 e. The number of carbonyl (C=O) groups is 1. The van der Waals surface area contributed by atoms with Gasteiger partial charge in [-0.15, -0.1) is 0 Å². The Morgan fingerprint density at radius 3 is 2.39 bits per heavy atom. The van der Waals surface area contributed by atoms with Crippen molar-refractivity contribution < 1.29 is 13.9 Å². The molecule has 2 heterocycles. The Morgan fingerprint density at radius 2 is 1.71 bits per heavy atom. The monoisotopic (exact) mass is 460 g/mol. The van der Waals surface area contributed by atoms with Crippen LogP contribution < -0.4 is 10.7 Å². The third kappa shape index (κ3) is 4.93. The van der Waals surface area contributed by atoms with Gasteiger partial charge in [-0.1, -0.05) is 35.3 Å². The maximum absolute atomic E-state index is 13.3. The lowest BCUT2D eigenvalue weighted by atomic mass is 10.0. The zero-order valence-electron chi connectivity index (χ0n) is 17.2. The van der Waals surface area contributed by atoms with Crippen LogP contribution in [0.15, 0.2) is 51.7 Å². The van der Waals surface area contributed by atoms with E-state index in [1.165, 1.54) is 0 Å². The van der Waals surface area contributed by atoms with Gasteiger partial charge in [-0.25, -0.2) is 0 Å². The van der Waals surface area contributed by atoms with Crippen molar-refractivity contribution in [3.8, 4) is 11.1 Å². The topological polar surface area (TPSA) is 71.8 Å². The summed E-state index contributed by atoms with van der Waals surface area (Å²) in [7, 11) is 0. The Morgan fingerprint density at radius 1 is 1.06 bits per heavy atom. The number of benzene rings is 2. The molecule has 1 saturated heterocycles. The molecule has 4 rings (SSSR count). The zero-order chi connectivity index (χ0) is 22.1. The van der Waals surface area contributed by atoms with Crippen molar-refractivity contribution in [1.82, 2.24) is 4.90 Å². The highest BCUT2D eigenvalue weighted by Gasteiger charge is 2.25. The molecule has 0 aliphatic carbocycles. The molecule has 1 aliphatic heterocycles. The minimum atomic E-state index is -0.282. The third-order valence-corrected chi connectivity index (χ3v) is 5.59. The Bertz CT molecular complexity index is 1170. The smallest absolute Gasteiger partial charge is 0.240 e. The molecular formula is C23H22Cl2N2O4. The molecule has 0 unspecified atom stereocenters. The van der Waals surface area contributed by atoms with Crippen LogP contribution >= 0.6 is 23.2 Å². The van der Waals surface area contributed by atoms with Gasteiger partial charge in [0, 0.05) is 23.1 Å². The molecule has 8 heteroatoms. The highest BCUT2D eigenvalue weighted by Crippen LogP contribution is 2.30. The van der Waals surface area contributed by atoms with E-state index in [1.807, 2.05) is 18.7 Å². The van der Waals surface area contributed by atoms with Crippen molar-refractivity contribution in [3.63, 3.8) is 0 Å². The first-order valence-corrected chi connectivity index (χ1v) is 10.8. The lowest BCUT2D eigenvalue weighted by molar-refractivity contribution is -0.121. The number of halogens is 2. The van der Waals surface area contributed by atoms with Gasteiger partial charge in [0.05, 0.1) is 29.7 Å². The molecule has 6 nitrogen and oxygen atoms in total. The highest BCUT2D eigenvalue weighted by atomic mass is 35.5. The molecule has 2 atom stereocenters. The fourth-order valence-electron chi connectivity index (χ4n) is 3.92. The van der Waals surface area contributed by atoms with Gasteiger partial charge in [-0.2, -0.15) is 0 Å². The summed E-state index contributed by atoms with van der Waals surface area (Å²) in [6.45, 7) is 5.43. The van der Waals surface area contributed by atoms with Crippen LogP contribution in [0.2, 0.25) is 10.0 Å². The van der Waals surface area contributed by atoms with E-state index in [-0.39, 0.29) is 41.5 Å². The predicted octanol–water partition coefficient (Wildman–Crippen LogP) is 4.81. The molecule has 1 amide bonds. The Kier molecular flexibility index (Phi) is 6.34. The molecule has 1 aromatic heterocycles. The predicted molar refractivity (Wildman–Crippen MR) is 123 cm³/mol. The molecule has 1 N–H and O–H groups in total. The summed E-state index contributed by atoms with van der Waals surface area (Å²) in [4.78, 5) is 28.2. The Labute approximate surface area is 189 Å². The van der Waals surface area contributed by atoms with Gasteiger partial charge in [-0.3, -0.25) is 19.8 Å². The molecule has 31 heavy (non-hydrogen) atoms. The van der Waals surface area contributed by atoms with Crippen LogP contribution in [0.5, 0.6) is 0 Å². The summed E-state index contributed by atoms with van der Waals surface area (Å²) in [5, 5.41) is 4.10. The normalized spacial score (nSPS) is 19.5.